The monoisotopic (exact) mass is 345 g/mol. The number of hydrogen-bond donors (Lipinski definition) is 0. The number of benzene rings is 1. The number of nitrogens with zero attached hydrogens (tertiary/aromatic N) is 1. The summed E-state index contributed by atoms with van der Waals surface area (Å²) in [5, 5.41) is 0. The van der Waals surface area contributed by atoms with Crippen LogP contribution in [-0.2, 0) is 14.3 Å². The highest BCUT2D eigenvalue weighted by Crippen LogP contribution is 2.46. The molecule has 1 aromatic carbocycles. The summed E-state index contributed by atoms with van der Waals surface area (Å²) in [5.41, 5.74) is 1.72. The van der Waals surface area contributed by atoms with Gasteiger partial charge in [0.15, 0.2) is 11.5 Å². The SMILES string of the molecule is COC(=O)C1CC(=O)N(C)c2cc(-c3ccc4c(c3)OCO4)sc21. The molecule has 0 aliphatic carbocycles. The van der Waals surface area contributed by atoms with Crippen LogP contribution in [0, 0.1) is 0 Å². The van der Waals surface area contributed by atoms with Gasteiger partial charge in [0.2, 0.25) is 12.7 Å². The highest BCUT2D eigenvalue weighted by molar-refractivity contribution is 7.16. The first-order valence-electron chi connectivity index (χ1n) is 7.46. The predicted octanol–water partition coefficient (Wildman–Crippen LogP) is 2.77. The normalized spacial score (nSPS) is 18.5. The molecule has 7 heteroatoms. The molecule has 0 saturated carbocycles. The molecule has 0 radical (unpaired) electrons. The molecule has 0 saturated heterocycles. The van der Waals surface area contributed by atoms with Gasteiger partial charge in [-0.3, -0.25) is 9.59 Å². The first kappa shape index (κ1) is 15.0. The van der Waals surface area contributed by atoms with E-state index in [0.29, 0.717) is 5.75 Å². The van der Waals surface area contributed by atoms with Crippen molar-refractivity contribution in [2.75, 3.05) is 25.9 Å². The minimum Gasteiger partial charge on any atom is -0.469 e. The molecule has 24 heavy (non-hydrogen) atoms. The van der Waals surface area contributed by atoms with Crippen LogP contribution < -0.4 is 14.4 Å². The second-order valence-electron chi connectivity index (χ2n) is 5.66. The first-order chi connectivity index (χ1) is 11.6. The molecule has 124 valence electrons. The summed E-state index contributed by atoms with van der Waals surface area (Å²) in [5.74, 6) is 0.416. The number of rotatable bonds is 2. The smallest absolute Gasteiger partial charge is 0.314 e. The van der Waals surface area contributed by atoms with Gasteiger partial charge >= 0.3 is 5.97 Å². The molecule has 0 bridgehead atoms. The Labute approximate surface area is 142 Å². The lowest BCUT2D eigenvalue weighted by molar-refractivity contribution is -0.144. The number of ether oxygens (including phenoxy) is 3. The van der Waals surface area contributed by atoms with Crippen molar-refractivity contribution in [2.24, 2.45) is 0 Å². The zero-order chi connectivity index (χ0) is 16.8. The van der Waals surface area contributed by atoms with Gasteiger partial charge in [0.25, 0.3) is 0 Å². The number of anilines is 1. The lowest BCUT2D eigenvalue weighted by Crippen LogP contribution is -2.34. The number of carbonyl (C=O) groups excluding carboxylic acids is 2. The van der Waals surface area contributed by atoms with Crippen molar-refractivity contribution < 1.29 is 23.8 Å². The quantitative estimate of drug-likeness (QED) is 0.783. The van der Waals surface area contributed by atoms with Crippen molar-refractivity contribution in [1.29, 1.82) is 0 Å². The van der Waals surface area contributed by atoms with Crippen LogP contribution in [-0.4, -0.2) is 32.8 Å². The predicted molar refractivity (Wildman–Crippen MR) is 88.7 cm³/mol. The molecule has 1 aromatic heterocycles. The van der Waals surface area contributed by atoms with Gasteiger partial charge in [-0.05, 0) is 29.8 Å². The average molecular weight is 345 g/mol. The van der Waals surface area contributed by atoms with E-state index in [4.69, 9.17) is 14.2 Å². The molecule has 1 unspecified atom stereocenters. The van der Waals surface area contributed by atoms with Crippen LogP contribution in [0.2, 0.25) is 0 Å². The fourth-order valence-corrected chi connectivity index (χ4v) is 4.25. The highest BCUT2D eigenvalue weighted by atomic mass is 32.1. The third-order valence-electron chi connectivity index (χ3n) is 4.31. The number of methoxy groups -OCH3 is 1. The van der Waals surface area contributed by atoms with Crippen LogP contribution in [0.1, 0.15) is 17.2 Å². The molecular weight excluding hydrogens is 330 g/mol. The average Bonchev–Trinajstić information content (AvgIpc) is 3.23. The molecule has 0 fully saturated rings. The number of thiophene rings is 1. The standard InChI is InChI=1S/C17H15NO5S/c1-18-11-7-14(9-3-4-12-13(5-9)23-8-22-12)24-16(11)10(6-15(18)19)17(20)21-2/h3-5,7,10H,6,8H2,1-2H3. The van der Waals surface area contributed by atoms with E-state index >= 15 is 0 Å². The summed E-state index contributed by atoms with van der Waals surface area (Å²) >= 11 is 1.50. The summed E-state index contributed by atoms with van der Waals surface area (Å²) in [7, 11) is 3.07. The van der Waals surface area contributed by atoms with E-state index < -0.39 is 5.92 Å². The molecular formula is C17H15NO5S. The Hall–Kier alpha value is -2.54. The van der Waals surface area contributed by atoms with E-state index in [1.807, 2.05) is 24.3 Å². The fourth-order valence-electron chi connectivity index (χ4n) is 2.97. The topological polar surface area (TPSA) is 65.1 Å². The second kappa shape index (κ2) is 5.52. The van der Waals surface area contributed by atoms with Gasteiger partial charge in [0.1, 0.15) is 5.92 Å². The number of esters is 1. The zero-order valence-electron chi connectivity index (χ0n) is 13.2. The Bertz CT molecular complexity index is 844. The molecule has 0 N–H and O–H groups in total. The van der Waals surface area contributed by atoms with Crippen molar-refractivity contribution in [1.82, 2.24) is 0 Å². The maximum atomic E-state index is 12.2. The first-order valence-corrected chi connectivity index (χ1v) is 8.28. The van der Waals surface area contributed by atoms with Crippen LogP contribution in [0.4, 0.5) is 5.69 Å². The third kappa shape index (κ3) is 2.24. The molecule has 2 aliphatic rings. The lowest BCUT2D eigenvalue weighted by atomic mass is 9.97. The third-order valence-corrected chi connectivity index (χ3v) is 5.60. The van der Waals surface area contributed by atoms with Gasteiger partial charge in [-0.1, -0.05) is 0 Å². The van der Waals surface area contributed by atoms with Crippen molar-refractivity contribution in [2.45, 2.75) is 12.3 Å². The Morgan fingerprint density at radius 1 is 1.29 bits per heavy atom. The fraction of sp³-hybridized carbons (Fsp3) is 0.294. The largest absolute Gasteiger partial charge is 0.469 e. The van der Waals surface area contributed by atoms with Gasteiger partial charge in [0, 0.05) is 23.2 Å². The highest BCUT2D eigenvalue weighted by Gasteiger charge is 2.36. The Morgan fingerprint density at radius 2 is 2.08 bits per heavy atom. The van der Waals surface area contributed by atoms with Crippen molar-refractivity contribution >= 4 is 28.9 Å². The minimum atomic E-state index is -0.540. The van der Waals surface area contributed by atoms with Crippen LogP contribution >= 0.6 is 11.3 Å². The molecule has 2 aromatic rings. The van der Waals surface area contributed by atoms with E-state index in [0.717, 1.165) is 26.8 Å². The summed E-state index contributed by atoms with van der Waals surface area (Å²) in [6.07, 6.45) is 0.136. The maximum Gasteiger partial charge on any atom is 0.314 e. The molecule has 3 heterocycles. The van der Waals surface area contributed by atoms with Crippen molar-refractivity contribution in [3.05, 3.63) is 29.1 Å². The molecule has 4 rings (SSSR count). The molecule has 1 amide bonds. The maximum absolute atomic E-state index is 12.2. The van der Waals surface area contributed by atoms with E-state index in [1.54, 1.807) is 11.9 Å². The molecule has 1 atom stereocenters. The summed E-state index contributed by atoms with van der Waals surface area (Å²) in [4.78, 5) is 27.7. The molecule has 2 aliphatic heterocycles. The number of amides is 1. The van der Waals surface area contributed by atoms with Crippen LogP contribution in [0.15, 0.2) is 24.3 Å². The summed E-state index contributed by atoms with van der Waals surface area (Å²) < 4.78 is 15.6. The number of hydrogen-bond acceptors (Lipinski definition) is 6. The van der Waals surface area contributed by atoms with Gasteiger partial charge in [-0.25, -0.2) is 0 Å². The van der Waals surface area contributed by atoms with Crippen LogP contribution in [0.3, 0.4) is 0 Å². The Kier molecular flexibility index (Phi) is 3.45. The Morgan fingerprint density at radius 3 is 2.88 bits per heavy atom. The minimum absolute atomic E-state index is 0.0899. The summed E-state index contributed by atoms with van der Waals surface area (Å²) in [6, 6.07) is 7.65. The van der Waals surface area contributed by atoms with E-state index in [9.17, 15) is 9.59 Å². The van der Waals surface area contributed by atoms with Crippen LogP contribution in [0.5, 0.6) is 11.5 Å². The Balaban J connectivity index is 1.79. The molecule has 6 nitrogen and oxygen atoms in total. The lowest BCUT2D eigenvalue weighted by Gasteiger charge is -2.27. The van der Waals surface area contributed by atoms with Crippen LogP contribution in [0.25, 0.3) is 10.4 Å². The second-order valence-corrected chi connectivity index (χ2v) is 6.74. The van der Waals surface area contributed by atoms with E-state index in [-0.39, 0.29) is 25.1 Å². The van der Waals surface area contributed by atoms with Crippen molar-refractivity contribution in [3.63, 3.8) is 0 Å². The van der Waals surface area contributed by atoms with Crippen molar-refractivity contribution in [3.8, 4) is 21.9 Å². The van der Waals surface area contributed by atoms with Gasteiger partial charge in [-0.15, -0.1) is 11.3 Å². The van der Waals surface area contributed by atoms with Gasteiger partial charge in [-0.2, -0.15) is 0 Å². The summed E-state index contributed by atoms with van der Waals surface area (Å²) in [6.45, 7) is 0.224. The van der Waals surface area contributed by atoms with Gasteiger partial charge in [0.05, 0.1) is 12.8 Å². The van der Waals surface area contributed by atoms with Gasteiger partial charge < -0.3 is 19.1 Å². The van der Waals surface area contributed by atoms with E-state index in [1.165, 1.54) is 18.4 Å². The molecule has 0 spiro atoms. The zero-order valence-corrected chi connectivity index (χ0v) is 14.0. The number of fused-ring (bicyclic) bond motifs is 2. The number of carbonyl (C=O) groups is 2. The van der Waals surface area contributed by atoms with E-state index in [2.05, 4.69) is 0 Å².